The van der Waals surface area contributed by atoms with Gasteiger partial charge in [-0.15, -0.1) is 0 Å². The molecule has 0 saturated carbocycles. The van der Waals surface area contributed by atoms with Gasteiger partial charge in [0.1, 0.15) is 0 Å². The average Bonchev–Trinajstić information content (AvgIpc) is 2.18. The minimum atomic E-state index is -0.0810. The number of amides is 1. The van der Waals surface area contributed by atoms with Gasteiger partial charge in [-0.3, -0.25) is 9.63 Å². The van der Waals surface area contributed by atoms with Crippen LogP contribution in [0.15, 0.2) is 0 Å². The number of nitrogens with one attached hydrogen (secondary N) is 1. The highest BCUT2D eigenvalue weighted by molar-refractivity contribution is 5.75. The van der Waals surface area contributed by atoms with Crippen molar-refractivity contribution < 1.29 is 14.4 Å². The molecule has 0 radical (unpaired) electrons. The fraction of sp³-hybridized carbons (Fsp3) is 0.909. The number of carbonyl (C=O) groups is 1. The Balaban J connectivity index is 2.06. The molecule has 0 spiro atoms. The Morgan fingerprint density at radius 1 is 1.53 bits per heavy atom. The van der Waals surface area contributed by atoms with Gasteiger partial charge < -0.3 is 4.74 Å². The van der Waals surface area contributed by atoms with Crippen LogP contribution < -0.4 is 5.48 Å². The third kappa shape index (κ3) is 5.74. The van der Waals surface area contributed by atoms with E-state index in [4.69, 9.17) is 9.57 Å². The zero-order chi connectivity index (χ0) is 11.1. The molecule has 0 aromatic rings. The quantitative estimate of drug-likeness (QED) is 0.709. The van der Waals surface area contributed by atoms with Gasteiger partial charge in [0.05, 0.1) is 19.1 Å². The Hall–Kier alpha value is -0.610. The van der Waals surface area contributed by atoms with Crippen LogP contribution in [0.1, 0.15) is 39.5 Å². The highest BCUT2D eigenvalue weighted by Gasteiger charge is 2.17. The molecule has 0 bridgehead atoms. The van der Waals surface area contributed by atoms with E-state index in [0.717, 1.165) is 25.9 Å². The molecule has 1 unspecified atom stereocenters. The third-order valence-electron chi connectivity index (χ3n) is 2.29. The summed E-state index contributed by atoms with van der Waals surface area (Å²) in [6, 6.07) is 0. The molecule has 4 nitrogen and oxygen atoms in total. The molecular formula is C11H21NO3. The van der Waals surface area contributed by atoms with Crippen molar-refractivity contribution in [2.75, 3.05) is 13.2 Å². The Bertz CT molecular complexity index is 188. The van der Waals surface area contributed by atoms with Crippen molar-refractivity contribution >= 4 is 5.91 Å². The van der Waals surface area contributed by atoms with Gasteiger partial charge >= 0.3 is 0 Å². The van der Waals surface area contributed by atoms with Crippen LogP contribution in [0, 0.1) is 5.92 Å². The van der Waals surface area contributed by atoms with Crippen molar-refractivity contribution in [2.24, 2.45) is 5.92 Å². The van der Waals surface area contributed by atoms with Gasteiger partial charge in [0.25, 0.3) is 0 Å². The predicted octanol–water partition coefficient (Wildman–Crippen LogP) is 1.65. The summed E-state index contributed by atoms with van der Waals surface area (Å²) in [4.78, 5) is 16.4. The second kappa shape index (κ2) is 6.80. The molecule has 4 heteroatoms. The predicted molar refractivity (Wildman–Crippen MR) is 57.1 cm³/mol. The summed E-state index contributed by atoms with van der Waals surface area (Å²) in [6.07, 6.45) is 3.75. The summed E-state index contributed by atoms with van der Waals surface area (Å²) < 4.78 is 5.46. The van der Waals surface area contributed by atoms with Crippen LogP contribution in [0.25, 0.3) is 0 Å². The smallest absolute Gasteiger partial charge is 0.246 e. The van der Waals surface area contributed by atoms with Crippen LogP contribution in [0.5, 0.6) is 0 Å². The number of hydroxylamine groups is 1. The van der Waals surface area contributed by atoms with E-state index in [1.54, 1.807) is 0 Å². The van der Waals surface area contributed by atoms with Crippen LogP contribution in [0.2, 0.25) is 0 Å². The summed E-state index contributed by atoms with van der Waals surface area (Å²) in [5, 5.41) is 0. The normalized spacial score (nSPS) is 21.7. The van der Waals surface area contributed by atoms with Crippen molar-refractivity contribution in [3.05, 3.63) is 0 Å². The van der Waals surface area contributed by atoms with Crippen molar-refractivity contribution in [1.82, 2.24) is 5.48 Å². The lowest BCUT2D eigenvalue weighted by Crippen LogP contribution is -2.31. The molecule has 1 N–H and O–H groups in total. The van der Waals surface area contributed by atoms with Crippen LogP contribution in [0.4, 0.5) is 0 Å². The molecule has 1 amide bonds. The maximum Gasteiger partial charge on any atom is 0.246 e. The average molecular weight is 215 g/mol. The minimum absolute atomic E-state index is 0.0810. The third-order valence-corrected chi connectivity index (χ3v) is 2.29. The van der Waals surface area contributed by atoms with E-state index in [-0.39, 0.29) is 12.0 Å². The molecule has 0 aromatic heterocycles. The molecular weight excluding hydrogens is 194 g/mol. The summed E-state index contributed by atoms with van der Waals surface area (Å²) in [6.45, 7) is 5.41. The molecule has 88 valence electrons. The first-order chi connectivity index (χ1) is 7.18. The summed E-state index contributed by atoms with van der Waals surface area (Å²) in [5.41, 5.74) is 2.44. The Kier molecular flexibility index (Phi) is 5.65. The van der Waals surface area contributed by atoms with Crippen molar-refractivity contribution in [2.45, 2.75) is 45.6 Å². The van der Waals surface area contributed by atoms with E-state index in [2.05, 4.69) is 5.48 Å². The molecule has 1 fully saturated rings. The summed E-state index contributed by atoms with van der Waals surface area (Å²) >= 11 is 0. The molecule has 1 aliphatic rings. The van der Waals surface area contributed by atoms with E-state index < -0.39 is 0 Å². The lowest BCUT2D eigenvalue weighted by Gasteiger charge is -2.21. The molecule has 15 heavy (non-hydrogen) atoms. The number of hydrogen-bond acceptors (Lipinski definition) is 3. The van der Waals surface area contributed by atoms with Crippen LogP contribution in [-0.4, -0.2) is 25.2 Å². The van der Waals surface area contributed by atoms with E-state index in [9.17, 15) is 4.79 Å². The van der Waals surface area contributed by atoms with Crippen molar-refractivity contribution in [3.63, 3.8) is 0 Å². The maximum atomic E-state index is 11.4. The van der Waals surface area contributed by atoms with Gasteiger partial charge in [-0.05, 0) is 25.2 Å². The highest BCUT2D eigenvalue weighted by atomic mass is 16.7. The number of rotatable bonds is 5. The van der Waals surface area contributed by atoms with Crippen molar-refractivity contribution in [3.8, 4) is 0 Å². The SMILES string of the molecule is CC(C)CONC(=O)CC1CCCCO1. The molecule has 1 atom stereocenters. The maximum absolute atomic E-state index is 11.4. The van der Waals surface area contributed by atoms with E-state index in [1.165, 1.54) is 0 Å². The number of hydrogen-bond donors (Lipinski definition) is 1. The van der Waals surface area contributed by atoms with Gasteiger partial charge in [0, 0.05) is 6.61 Å². The lowest BCUT2D eigenvalue weighted by atomic mass is 10.1. The topological polar surface area (TPSA) is 47.6 Å². The highest BCUT2D eigenvalue weighted by Crippen LogP contribution is 2.15. The van der Waals surface area contributed by atoms with Gasteiger partial charge in [-0.2, -0.15) is 0 Å². The molecule has 1 rings (SSSR count). The molecule has 0 aliphatic carbocycles. The fourth-order valence-electron chi connectivity index (χ4n) is 1.51. The Labute approximate surface area is 91.3 Å². The molecule has 1 aliphatic heterocycles. The van der Waals surface area contributed by atoms with E-state index in [1.807, 2.05) is 13.8 Å². The second-order valence-electron chi connectivity index (χ2n) is 4.42. The molecule has 0 aromatic carbocycles. The van der Waals surface area contributed by atoms with E-state index in [0.29, 0.717) is 18.9 Å². The monoisotopic (exact) mass is 215 g/mol. The van der Waals surface area contributed by atoms with E-state index >= 15 is 0 Å². The Morgan fingerprint density at radius 3 is 2.93 bits per heavy atom. The Morgan fingerprint density at radius 2 is 2.33 bits per heavy atom. The fourth-order valence-corrected chi connectivity index (χ4v) is 1.51. The van der Waals surface area contributed by atoms with Crippen LogP contribution in [0.3, 0.4) is 0 Å². The largest absolute Gasteiger partial charge is 0.378 e. The standard InChI is InChI=1S/C11H21NO3/c1-9(2)8-15-12-11(13)7-10-5-3-4-6-14-10/h9-10H,3-8H2,1-2H3,(H,12,13). The van der Waals surface area contributed by atoms with Gasteiger partial charge in [-0.1, -0.05) is 13.8 Å². The summed E-state index contributed by atoms with van der Waals surface area (Å²) in [7, 11) is 0. The first kappa shape index (κ1) is 12.5. The van der Waals surface area contributed by atoms with Gasteiger partial charge in [0.15, 0.2) is 0 Å². The zero-order valence-corrected chi connectivity index (χ0v) is 9.62. The molecule has 1 saturated heterocycles. The molecule has 1 heterocycles. The second-order valence-corrected chi connectivity index (χ2v) is 4.42. The van der Waals surface area contributed by atoms with Crippen molar-refractivity contribution in [1.29, 1.82) is 0 Å². The van der Waals surface area contributed by atoms with Crippen LogP contribution in [-0.2, 0) is 14.4 Å². The zero-order valence-electron chi connectivity index (χ0n) is 9.62. The number of carbonyl (C=O) groups excluding carboxylic acids is 1. The first-order valence-electron chi connectivity index (χ1n) is 5.70. The van der Waals surface area contributed by atoms with Gasteiger partial charge in [-0.25, -0.2) is 5.48 Å². The van der Waals surface area contributed by atoms with Gasteiger partial charge in [0.2, 0.25) is 5.91 Å². The van der Waals surface area contributed by atoms with Crippen LogP contribution >= 0.6 is 0 Å². The first-order valence-corrected chi connectivity index (χ1v) is 5.70. The minimum Gasteiger partial charge on any atom is -0.378 e. The number of ether oxygens (including phenoxy) is 1. The summed E-state index contributed by atoms with van der Waals surface area (Å²) in [5.74, 6) is 0.346. The lowest BCUT2D eigenvalue weighted by molar-refractivity contribution is -0.138.